The van der Waals surface area contributed by atoms with E-state index >= 15 is 0 Å². The van der Waals surface area contributed by atoms with Gasteiger partial charge in [-0.3, -0.25) is 4.79 Å². The summed E-state index contributed by atoms with van der Waals surface area (Å²) in [5, 5.41) is 4.06. The Bertz CT molecular complexity index is 1100. The molecule has 1 N–H and O–H groups in total. The highest BCUT2D eigenvalue weighted by atomic mass is 127. The van der Waals surface area contributed by atoms with E-state index in [9.17, 15) is 9.18 Å². The summed E-state index contributed by atoms with van der Waals surface area (Å²) in [7, 11) is 1.56. The average Bonchev–Trinajstić information content (AvgIpc) is 2.74. The number of hydrazone groups is 1. The predicted octanol–water partition coefficient (Wildman–Crippen LogP) is 5.99. The summed E-state index contributed by atoms with van der Waals surface area (Å²) in [6.45, 7) is 0.343. The molecule has 0 aliphatic rings. The van der Waals surface area contributed by atoms with Gasteiger partial charge in [0.15, 0.2) is 0 Å². The van der Waals surface area contributed by atoms with E-state index < -0.39 is 0 Å². The van der Waals surface area contributed by atoms with Crippen LogP contribution in [0, 0.1) is 16.5 Å². The first-order chi connectivity index (χ1) is 14.9. The second-order valence-electron chi connectivity index (χ2n) is 6.28. The second-order valence-corrected chi connectivity index (χ2v) is 9.76. The zero-order valence-corrected chi connectivity index (χ0v) is 22.6. The first-order valence-corrected chi connectivity index (χ1v) is 12.1. The van der Waals surface area contributed by atoms with Gasteiger partial charge in [0.05, 0.1) is 24.0 Å². The molecule has 0 heterocycles. The summed E-state index contributed by atoms with van der Waals surface area (Å²) in [4.78, 5) is 12.3. The van der Waals surface area contributed by atoms with E-state index in [0.717, 1.165) is 27.6 Å². The monoisotopic (exact) mass is 756 g/mol. The van der Waals surface area contributed by atoms with Crippen LogP contribution in [-0.4, -0.2) is 19.2 Å². The Labute approximate surface area is 220 Å². The molecule has 0 unspecified atom stereocenters. The Hall–Kier alpha value is -1.48. The lowest BCUT2D eigenvalue weighted by Gasteiger charge is -2.11. The van der Waals surface area contributed by atoms with Crippen molar-refractivity contribution in [1.82, 2.24) is 5.43 Å². The summed E-state index contributed by atoms with van der Waals surface area (Å²) in [6.07, 6.45) is 1.58. The number of rotatable bonds is 7. The average molecular weight is 756 g/mol. The molecule has 31 heavy (non-hydrogen) atoms. The van der Waals surface area contributed by atoms with Gasteiger partial charge in [0.1, 0.15) is 23.9 Å². The molecule has 0 atom stereocenters. The van der Waals surface area contributed by atoms with E-state index in [-0.39, 0.29) is 11.7 Å². The van der Waals surface area contributed by atoms with Gasteiger partial charge in [-0.05, 0) is 121 Å². The number of carbonyl (C=O) groups is 1. The lowest BCUT2D eigenvalue weighted by Crippen LogP contribution is -2.17. The summed E-state index contributed by atoms with van der Waals surface area (Å²) < 4.78 is 26.9. The standard InChI is InChI=1S/C22H16FI3N2O3/c1-30-20-10-15(4-7-17(20)24)22(29)28-27-11-14-8-18(25)21(19(26)9-14)31-12-13-2-5-16(23)6-3-13/h2-11H,12H2,1H3,(H,28,29)/b27-11-. The SMILES string of the molecule is COc1cc(C(=O)N/N=C\c2cc(I)c(OCc3ccc(F)cc3)c(I)c2)ccc1I. The number of carbonyl (C=O) groups excluding carboxylic acids is 1. The van der Waals surface area contributed by atoms with Gasteiger partial charge in [0.25, 0.3) is 5.91 Å². The van der Waals surface area contributed by atoms with Crippen LogP contribution in [0.4, 0.5) is 4.39 Å². The van der Waals surface area contributed by atoms with Crippen molar-refractivity contribution in [2.75, 3.05) is 7.11 Å². The van der Waals surface area contributed by atoms with Crippen LogP contribution in [0.5, 0.6) is 11.5 Å². The van der Waals surface area contributed by atoms with Crippen LogP contribution in [-0.2, 0) is 6.61 Å². The van der Waals surface area contributed by atoms with Crippen LogP contribution in [0.25, 0.3) is 0 Å². The van der Waals surface area contributed by atoms with E-state index in [4.69, 9.17) is 9.47 Å². The topological polar surface area (TPSA) is 59.9 Å². The number of ether oxygens (including phenoxy) is 2. The third-order valence-corrected chi connectivity index (χ3v) is 6.60. The van der Waals surface area contributed by atoms with Crippen molar-refractivity contribution in [3.8, 4) is 11.5 Å². The largest absolute Gasteiger partial charge is 0.496 e. The number of nitrogens with one attached hydrogen (secondary N) is 1. The number of halogens is 4. The zero-order valence-electron chi connectivity index (χ0n) is 16.2. The van der Waals surface area contributed by atoms with Crippen LogP contribution < -0.4 is 14.9 Å². The van der Waals surface area contributed by atoms with Gasteiger partial charge in [-0.15, -0.1) is 0 Å². The second kappa shape index (κ2) is 11.4. The molecule has 0 aliphatic heterocycles. The number of hydrogen-bond donors (Lipinski definition) is 1. The third-order valence-electron chi connectivity index (χ3n) is 4.11. The van der Waals surface area contributed by atoms with Crippen molar-refractivity contribution in [3.63, 3.8) is 0 Å². The zero-order chi connectivity index (χ0) is 22.4. The minimum atomic E-state index is -0.324. The molecule has 5 nitrogen and oxygen atoms in total. The van der Waals surface area contributed by atoms with E-state index in [2.05, 4.69) is 78.3 Å². The van der Waals surface area contributed by atoms with E-state index in [0.29, 0.717) is 17.9 Å². The molecule has 0 fully saturated rings. The first-order valence-electron chi connectivity index (χ1n) is 8.90. The molecule has 0 saturated carbocycles. The predicted molar refractivity (Wildman–Crippen MR) is 143 cm³/mol. The molecule has 3 rings (SSSR count). The Kier molecular flexibility index (Phi) is 8.89. The Morgan fingerprint density at radius 2 is 1.71 bits per heavy atom. The van der Waals surface area contributed by atoms with E-state index in [1.54, 1.807) is 37.6 Å². The number of hydrogen-bond acceptors (Lipinski definition) is 4. The normalized spacial score (nSPS) is 10.9. The fourth-order valence-corrected chi connectivity index (χ4v) is 5.24. The van der Waals surface area contributed by atoms with Gasteiger partial charge in [0.2, 0.25) is 0 Å². The molecule has 160 valence electrons. The molecule has 3 aromatic rings. The number of methoxy groups -OCH3 is 1. The van der Waals surface area contributed by atoms with Crippen molar-refractivity contribution >= 4 is 79.9 Å². The van der Waals surface area contributed by atoms with Crippen LogP contribution in [0.2, 0.25) is 0 Å². The fourth-order valence-electron chi connectivity index (χ4n) is 2.56. The van der Waals surface area contributed by atoms with E-state index in [1.807, 2.05) is 18.2 Å². The van der Waals surface area contributed by atoms with Gasteiger partial charge < -0.3 is 9.47 Å². The molecular formula is C22H16FI3N2O3. The Morgan fingerprint density at radius 1 is 1.03 bits per heavy atom. The molecule has 0 spiro atoms. The highest BCUT2D eigenvalue weighted by Crippen LogP contribution is 2.29. The molecular weight excluding hydrogens is 740 g/mol. The summed E-state index contributed by atoms with van der Waals surface area (Å²) in [5.74, 6) is 0.787. The van der Waals surface area contributed by atoms with Crippen molar-refractivity contribution in [2.24, 2.45) is 5.10 Å². The molecule has 9 heteroatoms. The van der Waals surface area contributed by atoms with Gasteiger partial charge >= 0.3 is 0 Å². The number of benzene rings is 3. The summed E-state index contributed by atoms with van der Waals surface area (Å²) in [5.41, 5.74) is 4.70. The highest BCUT2D eigenvalue weighted by Gasteiger charge is 2.10. The maximum atomic E-state index is 13.0. The van der Waals surface area contributed by atoms with Crippen molar-refractivity contribution < 1.29 is 18.7 Å². The highest BCUT2D eigenvalue weighted by molar-refractivity contribution is 14.1. The summed E-state index contributed by atoms with van der Waals surface area (Å²) in [6, 6.07) is 15.2. The fraction of sp³-hybridized carbons (Fsp3) is 0.0909. The van der Waals surface area contributed by atoms with Crippen molar-refractivity contribution in [2.45, 2.75) is 6.61 Å². The van der Waals surface area contributed by atoms with Crippen molar-refractivity contribution in [1.29, 1.82) is 0 Å². The Balaban J connectivity index is 1.64. The van der Waals surface area contributed by atoms with Gasteiger partial charge in [0, 0.05) is 5.56 Å². The lowest BCUT2D eigenvalue weighted by atomic mass is 10.2. The van der Waals surface area contributed by atoms with Gasteiger partial charge in [-0.1, -0.05) is 12.1 Å². The van der Waals surface area contributed by atoms with Crippen LogP contribution >= 0.6 is 67.8 Å². The minimum absolute atomic E-state index is 0.273. The smallest absolute Gasteiger partial charge is 0.271 e. The molecule has 1 amide bonds. The first kappa shape index (κ1) is 24.2. The Morgan fingerprint density at radius 3 is 2.35 bits per heavy atom. The number of amides is 1. The van der Waals surface area contributed by atoms with Crippen LogP contribution in [0.15, 0.2) is 59.7 Å². The maximum Gasteiger partial charge on any atom is 0.271 e. The van der Waals surface area contributed by atoms with Crippen LogP contribution in [0.1, 0.15) is 21.5 Å². The van der Waals surface area contributed by atoms with E-state index in [1.165, 1.54) is 12.1 Å². The third kappa shape index (κ3) is 6.75. The lowest BCUT2D eigenvalue weighted by molar-refractivity contribution is 0.0954. The number of nitrogens with zero attached hydrogens (tertiary/aromatic N) is 1. The molecule has 0 radical (unpaired) electrons. The van der Waals surface area contributed by atoms with Gasteiger partial charge in [-0.25, -0.2) is 9.82 Å². The molecule has 0 bridgehead atoms. The van der Waals surface area contributed by atoms with Crippen molar-refractivity contribution in [3.05, 3.63) is 87.8 Å². The molecule has 0 saturated heterocycles. The maximum absolute atomic E-state index is 13.0. The van der Waals surface area contributed by atoms with Crippen LogP contribution in [0.3, 0.4) is 0 Å². The molecule has 0 aliphatic carbocycles. The quantitative estimate of drug-likeness (QED) is 0.183. The summed E-state index contributed by atoms with van der Waals surface area (Å²) >= 11 is 6.53. The van der Waals surface area contributed by atoms with Gasteiger partial charge in [-0.2, -0.15) is 5.10 Å². The molecule has 3 aromatic carbocycles. The minimum Gasteiger partial charge on any atom is -0.496 e. The molecule has 0 aromatic heterocycles.